The normalized spacial score (nSPS) is 24.0. The summed E-state index contributed by atoms with van der Waals surface area (Å²) in [4.78, 5) is 13.5. The molecule has 0 aromatic rings. The highest BCUT2D eigenvalue weighted by atomic mass is 16.5. The molecule has 0 N–H and O–H groups in total. The molecule has 3 heteroatoms. The predicted molar refractivity (Wildman–Crippen MR) is 51.4 cm³/mol. The highest BCUT2D eigenvalue weighted by molar-refractivity contribution is 5.75. The van der Waals surface area contributed by atoms with Crippen LogP contribution in [-0.2, 0) is 9.53 Å². The van der Waals surface area contributed by atoms with Crippen molar-refractivity contribution in [3.8, 4) is 0 Å². The molecule has 0 amide bonds. The highest BCUT2D eigenvalue weighted by Crippen LogP contribution is 2.17. The summed E-state index contributed by atoms with van der Waals surface area (Å²) in [5.74, 6) is -0.0954. The van der Waals surface area contributed by atoms with E-state index in [0.717, 1.165) is 25.9 Å². The number of carbonyl (C=O) groups excluding carboxylic acids is 1. The molecular weight excluding hydrogens is 166 g/mol. The van der Waals surface area contributed by atoms with E-state index in [4.69, 9.17) is 4.74 Å². The Morgan fingerprint density at radius 3 is 3.08 bits per heavy atom. The van der Waals surface area contributed by atoms with Crippen molar-refractivity contribution >= 4 is 5.97 Å². The summed E-state index contributed by atoms with van der Waals surface area (Å²) in [6, 6.07) is -0.0128. The summed E-state index contributed by atoms with van der Waals surface area (Å²) >= 11 is 0. The Balaban J connectivity index is 2.48. The third-order valence-corrected chi connectivity index (χ3v) is 2.41. The Hall–Kier alpha value is -0.830. The molecule has 1 rings (SSSR count). The standard InChI is InChI=1S/C10H17NO2/c1-3-4-7-11-8-5-6-9(11)10(12)13-2/h3-4,9H,5-8H2,1-2H3. The number of allylic oxidation sites excluding steroid dienone is 1. The van der Waals surface area contributed by atoms with Gasteiger partial charge in [-0.3, -0.25) is 9.69 Å². The van der Waals surface area contributed by atoms with Gasteiger partial charge in [0.2, 0.25) is 0 Å². The van der Waals surface area contributed by atoms with Crippen LogP contribution in [0.5, 0.6) is 0 Å². The van der Waals surface area contributed by atoms with Crippen molar-refractivity contribution in [2.45, 2.75) is 25.8 Å². The van der Waals surface area contributed by atoms with Gasteiger partial charge in [-0.2, -0.15) is 0 Å². The van der Waals surface area contributed by atoms with Gasteiger partial charge in [0, 0.05) is 6.54 Å². The quantitative estimate of drug-likeness (QED) is 0.486. The molecular formula is C10H17NO2. The van der Waals surface area contributed by atoms with Crippen molar-refractivity contribution in [3.05, 3.63) is 12.2 Å². The number of rotatable bonds is 3. The summed E-state index contributed by atoms with van der Waals surface area (Å²) < 4.78 is 4.74. The van der Waals surface area contributed by atoms with Gasteiger partial charge in [-0.05, 0) is 26.3 Å². The molecule has 3 nitrogen and oxygen atoms in total. The molecule has 74 valence electrons. The van der Waals surface area contributed by atoms with E-state index >= 15 is 0 Å². The van der Waals surface area contributed by atoms with Gasteiger partial charge in [0.1, 0.15) is 6.04 Å². The van der Waals surface area contributed by atoms with Crippen LogP contribution in [0.3, 0.4) is 0 Å². The summed E-state index contributed by atoms with van der Waals surface area (Å²) in [6.45, 7) is 3.85. The second-order valence-corrected chi connectivity index (χ2v) is 3.25. The molecule has 0 aliphatic carbocycles. The van der Waals surface area contributed by atoms with Gasteiger partial charge in [-0.1, -0.05) is 12.2 Å². The van der Waals surface area contributed by atoms with Crippen molar-refractivity contribution in [3.63, 3.8) is 0 Å². The molecule has 0 bridgehead atoms. The molecule has 1 atom stereocenters. The lowest BCUT2D eigenvalue weighted by molar-refractivity contribution is -0.145. The van der Waals surface area contributed by atoms with Crippen LogP contribution in [0.15, 0.2) is 12.2 Å². The van der Waals surface area contributed by atoms with E-state index in [2.05, 4.69) is 11.0 Å². The average Bonchev–Trinajstić information content (AvgIpc) is 2.61. The Bertz CT molecular complexity index is 201. The Morgan fingerprint density at radius 1 is 1.69 bits per heavy atom. The van der Waals surface area contributed by atoms with E-state index < -0.39 is 0 Å². The molecule has 1 aliphatic rings. The number of methoxy groups -OCH3 is 1. The first-order valence-electron chi connectivity index (χ1n) is 4.72. The maximum absolute atomic E-state index is 11.3. The Labute approximate surface area is 79.4 Å². The number of nitrogens with zero attached hydrogens (tertiary/aromatic N) is 1. The van der Waals surface area contributed by atoms with E-state index in [1.807, 2.05) is 13.0 Å². The zero-order valence-electron chi connectivity index (χ0n) is 8.32. The molecule has 1 unspecified atom stereocenters. The molecule has 1 heterocycles. The third kappa shape index (κ3) is 2.56. The van der Waals surface area contributed by atoms with Crippen molar-refractivity contribution in [1.82, 2.24) is 4.90 Å². The van der Waals surface area contributed by atoms with Crippen molar-refractivity contribution in [1.29, 1.82) is 0 Å². The van der Waals surface area contributed by atoms with Crippen molar-refractivity contribution in [2.75, 3.05) is 20.2 Å². The second kappa shape index (κ2) is 5.02. The van der Waals surface area contributed by atoms with Gasteiger partial charge < -0.3 is 4.74 Å². The number of carbonyl (C=O) groups is 1. The summed E-state index contributed by atoms with van der Waals surface area (Å²) in [5.41, 5.74) is 0. The van der Waals surface area contributed by atoms with E-state index in [9.17, 15) is 4.79 Å². The molecule has 0 saturated carbocycles. The molecule has 0 aromatic heterocycles. The molecule has 1 fully saturated rings. The summed E-state index contributed by atoms with van der Waals surface area (Å²) in [5, 5.41) is 0. The number of hydrogen-bond acceptors (Lipinski definition) is 3. The number of ether oxygens (including phenoxy) is 1. The molecule has 1 saturated heterocycles. The van der Waals surface area contributed by atoms with Crippen LogP contribution in [0.1, 0.15) is 19.8 Å². The van der Waals surface area contributed by atoms with E-state index in [1.54, 1.807) is 0 Å². The van der Waals surface area contributed by atoms with Crippen LogP contribution in [0.25, 0.3) is 0 Å². The van der Waals surface area contributed by atoms with Crippen molar-refractivity contribution < 1.29 is 9.53 Å². The lowest BCUT2D eigenvalue weighted by Gasteiger charge is -2.20. The SMILES string of the molecule is CC=CCN1CCCC1C(=O)OC. The maximum Gasteiger partial charge on any atom is 0.323 e. The molecule has 0 radical (unpaired) electrons. The van der Waals surface area contributed by atoms with Gasteiger partial charge in [-0.15, -0.1) is 0 Å². The number of likely N-dealkylation sites (tertiary alicyclic amines) is 1. The smallest absolute Gasteiger partial charge is 0.323 e. The summed E-state index contributed by atoms with van der Waals surface area (Å²) in [7, 11) is 1.45. The zero-order chi connectivity index (χ0) is 9.68. The first-order valence-corrected chi connectivity index (χ1v) is 4.72. The fraction of sp³-hybridized carbons (Fsp3) is 0.700. The van der Waals surface area contributed by atoms with Gasteiger partial charge in [0.05, 0.1) is 7.11 Å². The monoisotopic (exact) mass is 183 g/mol. The first kappa shape index (κ1) is 10.3. The average molecular weight is 183 g/mol. The van der Waals surface area contributed by atoms with E-state index in [0.29, 0.717) is 0 Å². The van der Waals surface area contributed by atoms with Crippen LogP contribution in [0.2, 0.25) is 0 Å². The molecule has 13 heavy (non-hydrogen) atoms. The third-order valence-electron chi connectivity index (χ3n) is 2.41. The van der Waals surface area contributed by atoms with E-state index in [1.165, 1.54) is 7.11 Å². The minimum absolute atomic E-state index is 0.0128. The number of hydrogen-bond donors (Lipinski definition) is 0. The number of esters is 1. The lowest BCUT2D eigenvalue weighted by Crippen LogP contribution is -2.36. The Morgan fingerprint density at radius 2 is 2.46 bits per heavy atom. The predicted octanol–water partition coefficient (Wildman–Crippen LogP) is 1.20. The van der Waals surface area contributed by atoms with Gasteiger partial charge in [-0.25, -0.2) is 0 Å². The van der Waals surface area contributed by atoms with Gasteiger partial charge >= 0.3 is 5.97 Å². The molecule has 0 spiro atoms. The molecule has 1 aliphatic heterocycles. The summed E-state index contributed by atoms with van der Waals surface area (Å²) in [6.07, 6.45) is 6.11. The van der Waals surface area contributed by atoms with E-state index in [-0.39, 0.29) is 12.0 Å². The Kier molecular flexibility index (Phi) is 3.96. The van der Waals surface area contributed by atoms with Crippen LogP contribution in [0.4, 0.5) is 0 Å². The largest absolute Gasteiger partial charge is 0.468 e. The van der Waals surface area contributed by atoms with Crippen LogP contribution >= 0.6 is 0 Å². The van der Waals surface area contributed by atoms with Crippen molar-refractivity contribution in [2.24, 2.45) is 0 Å². The second-order valence-electron chi connectivity index (χ2n) is 3.25. The zero-order valence-corrected chi connectivity index (χ0v) is 8.32. The minimum atomic E-state index is -0.0954. The topological polar surface area (TPSA) is 29.5 Å². The van der Waals surface area contributed by atoms with Crippen LogP contribution < -0.4 is 0 Å². The molecule has 0 aromatic carbocycles. The lowest BCUT2D eigenvalue weighted by atomic mass is 10.2. The fourth-order valence-corrected chi connectivity index (χ4v) is 1.69. The first-order chi connectivity index (χ1) is 6.29. The van der Waals surface area contributed by atoms with Crippen LogP contribution in [-0.4, -0.2) is 37.1 Å². The minimum Gasteiger partial charge on any atom is -0.468 e. The van der Waals surface area contributed by atoms with Gasteiger partial charge in [0.15, 0.2) is 0 Å². The fourth-order valence-electron chi connectivity index (χ4n) is 1.69. The van der Waals surface area contributed by atoms with Gasteiger partial charge in [0.25, 0.3) is 0 Å². The van der Waals surface area contributed by atoms with Crippen LogP contribution in [0, 0.1) is 0 Å². The highest BCUT2D eigenvalue weighted by Gasteiger charge is 2.30. The maximum atomic E-state index is 11.3.